The molecule has 1 N–H and O–H groups in total. The monoisotopic (exact) mass is 418 g/mol. The summed E-state index contributed by atoms with van der Waals surface area (Å²) in [6, 6.07) is 16.0. The Morgan fingerprint density at radius 3 is 2.39 bits per heavy atom. The first-order valence-electron chi connectivity index (χ1n) is 9.95. The maximum Gasteiger partial charge on any atom is 0.271 e. The van der Waals surface area contributed by atoms with Crippen molar-refractivity contribution >= 4 is 17.8 Å². The van der Waals surface area contributed by atoms with Crippen LogP contribution in [0.5, 0.6) is 0 Å². The normalized spacial score (nSPS) is 11.6. The Balaban J connectivity index is 1.78. The topological polar surface area (TPSA) is 89.5 Å². The quantitative estimate of drug-likeness (QED) is 0.357. The van der Waals surface area contributed by atoms with Crippen LogP contribution in [0.25, 0.3) is 5.69 Å². The highest BCUT2D eigenvalue weighted by molar-refractivity contribution is 5.95. The Morgan fingerprint density at radius 1 is 1.10 bits per heavy atom. The van der Waals surface area contributed by atoms with Crippen LogP contribution in [0.1, 0.15) is 53.6 Å². The number of carbonyl (C=O) groups excluding carboxylic acids is 1. The van der Waals surface area contributed by atoms with Gasteiger partial charge in [-0.1, -0.05) is 39.0 Å². The smallest absolute Gasteiger partial charge is 0.271 e. The fourth-order valence-corrected chi connectivity index (χ4v) is 3.41. The SMILES string of the molecule is Cc1cc(/C=N\NC(=O)c2cccc([N+](=O)[O-])c2)c(C)n1-c1ccc(C(C)(C)C)cc1. The molecule has 0 spiro atoms. The van der Waals surface area contributed by atoms with Crippen LogP contribution in [0.3, 0.4) is 0 Å². The molecule has 0 aliphatic carbocycles. The molecular weight excluding hydrogens is 392 g/mol. The Hall–Kier alpha value is -3.74. The van der Waals surface area contributed by atoms with E-state index in [0.717, 1.165) is 22.6 Å². The number of nitro groups is 1. The summed E-state index contributed by atoms with van der Waals surface area (Å²) in [7, 11) is 0. The van der Waals surface area contributed by atoms with Crippen LogP contribution in [-0.4, -0.2) is 21.6 Å². The maximum atomic E-state index is 12.2. The summed E-state index contributed by atoms with van der Waals surface area (Å²) in [4.78, 5) is 22.6. The second-order valence-electron chi connectivity index (χ2n) is 8.47. The number of hydrogen-bond acceptors (Lipinski definition) is 4. The van der Waals surface area contributed by atoms with E-state index in [0.29, 0.717) is 0 Å². The molecule has 1 aromatic heterocycles. The molecule has 2 aromatic carbocycles. The first kappa shape index (κ1) is 22.0. The predicted octanol–water partition coefficient (Wildman–Crippen LogP) is 5.06. The number of rotatable bonds is 5. The number of benzene rings is 2. The van der Waals surface area contributed by atoms with Gasteiger partial charge in [-0.25, -0.2) is 5.43 Å². The molecule has 1 heterocycles. The van der Waals surface area contributed by atoms with Gasteiger partial charge in [0, 0.05) is 40.3 Å². The molecule has 3 aromatic rings. The van der Waals surface area contributed by atoms with E-state index in [9.17, 15) is 14.9 Å². The van der Waals surface area contributed by atoms with Crippen molar-refractivity contribution in [3.63, 3.8) is 0 Å². The minimum atomic E-state index is -0.539. The van der Waals surface area contributed by atoms with Crippen LogP contribution in [0.4, 0.5) is 5.69 Å². The first-order chi connectivity index (χ1) is 14.6. The highest BCUT2D eigenvalue weighted by Gasteiger charge is 2.15. The first-order valence-corrected chi connectivity index (χ1v) is 9.95. The number of hydrazone groups is 1. The zero-order valence-electron chi connectivity index (χ0n) is 18.3. The average Bonchev–Trinajstić information content (AvgIpc) is 3.00. The largest absolute Gasteiger partial charge is 0.318 e. The molecule has 0 fully saturated rings. The molecule has 0 aliphatic rings. The fraction of sp³-hybridized carbons (Fsp3) is 0.250. The summed E-state index contributed by atoms with van der Waals surface area (Å²) >= 11 is 0. The molecular formula is C24H26N4O3. The van der Waals surface area contributed by atoms with Crippen LogP contribution < -0.4 is 5.43 Å². The molecule has 0 radical (unpaired) electrons. The van der Waals surface area contributed by atoms with Crippen molar-refractivity contribution in [2.24, 2.45) is 5.10 Å². The molecule has 7 nitrogen and oxygen atoms in total. The van der Waals surface area contributed by atoms with Crippen LogP contribution in [0, 0.1) is 24.0 Å². The van der Waals surface area contributed by atoms with Gasteiger partial charge in [-0.05, 0) is 49.1 Å². The Bertz CT molecular complexity index is 1150. The van der Waals surface area contributed by atoms with E-state index in [2.05, 4.69) is 60.1 Å². The van der Waals surface area contributed by atoms with Crippen molar-refractivity contribution in [2.75, 3.05) is 0 Å². The van der Waals surface area contributed by atoms with Gasteiger partial charge >= 0.3 is 0 Å². The van der Waals surface area contributed by atoms with Gasteiger partial charge in [-0.3, -0.25) is 14.9 Å². The van der Waals surface area contributed by atoms with Crippen molar-refractivity contribution in [1.29, 1.82) is 0 Å². The van der Waals surface area contributed by atoms with Crippen LogP contribution in [0.15, 0.2) is 59.7 Å². The molecule has 1 amide bonds. The number of non-ortho nitro benzene ring substituents is 1. The molecule has 3 rings (SSSR count). The number of nitro benzene ring substituents is 1. The number of amides is 1. The molecule has 160 valence electrons. The minimum absolute atomic E-state index is 0.0918. The maximum absolute atomic E-state index is 12.2. The molecule has 0 unspecified atom stereocenters. The number of hydrogen-bond donors (Lipinski definition) is 1. The Morgan fingerprint density at radius 2 is 1.77 bits per heavy atom. The summed E-state index contributed by atoms with van der Waals surface area (Å²) in [6.07, 6.45) is 1.58. The van der Waals surface area contributed by atoms with E-state index in [1.165, 1.54) is 29.8 Å². The summed E-state index contributed by atoms with van der Waals surface area (Å²) in [6.45, 7) is 10.6. The van der Waals surface area contributed by atoms with Gasteiger partial charge in [-0.15, -0.1) is 0 Å². The van der Waals surface area contributed by atoms with E-state index in [-0.39, 0.29) is 16.7 Å². The van der Waals surface area contributed by atoms with Crippen LogP contribution in [0.2, 0.25) is 0 Å². The lowest BCUT2D eigenvalue weighted by atomic mass is 9.87. The predicted molar refractivity (Wildman–Crippen MR) is 122 cm³/mol. The van der Waals surface area contributed by atoms with Gasteiger partial charge in [0.05, 0.1) is 11.1 Å². The molecule has 31 heavy (non-hydrogen) atoms. The lowest BCUT2D eigenvalue weighted by Gasteiger charge is -2.20. The molecule has 0 atom stereocenters. The Kier molecular flexibility index (Phi) is 6.06. The standard InChI is InChI=1S/C24H26N4O3/c1-16-13-19(15-25-26-23(29)18-7-6-8-22(14-18)28(30)31)17(2)27(16)21-11-9-20(10-12-21)24(3,4)5/h6-15H,1-5H3,(H,26,29)/b25-15-. The lowest BCUT2D eigenvalue weighted by Crippen LogP contribution is -2.17. The van der Waals surface area contributed by atoms with E-state index in [1.807, 2.05) is 19.9 Å². The fourth-order valence-electron chi connectivity index (χ4n) is 3.41. The van der Waals surface area contributed by atoms with Crippen molar-refractivity contribution in [2.45, 2.75) is 40.0 Å². The molecule has 0 saturated heterocycles. The van der Waals surface area contributed by atoms with E-state index >= 15 is 0 Å². The van der Waals surface area contributed by atoms with Crippen LogP contribution >= 0.6 is 0 Å². The number of nitrogens with zero attached hydrogens (tertiary/aromatic N) is 3. The van der Waals surface area contributed by atoms with Gasteiger partial charge in [-0.2, -0.15) is 5.10 Å². The number of aromatic nitrogens is 1. The second-order valence-corrected chi connectivity index (χ2v) is 8.47. The molecule has 0 aliphatic heterocycles. The molecule has 0 bridgehead atoms. The van der Waals surface area contributed by atoms with Gasteiger partial charge in [0.2, 0.25) is 0 Å². The van der Waals surface area contributed by atoms with Crippen molar-refractivity contribution in [1.82, 2.24) is 9.99 Å². The molecule has 0 saturated carbocycles. The second kappa shape index (κ2) is 8.55. The van der Waals surface area contributed by atoms with Gasteiger partial charge in [0.1, 0.15) is 0 Å². The van der Waals surface area contributed by atoms with E-state index in [4.69, 9.17) is 0 Å². The average molecular weight is 418 g/mol. The van der Waals surface area contributed by atoms with E-state index < -0.39 is 10.8 Å². The van der Waals surface area contributed by atoms with Crippen molar-refractivity contribution in [3.8, 4) is 5.69 Å². The zero-order valence-corrected chi connectivity index (χ0v) is 18.3. The van der Waals surface area contributed by atoms with E-state index in [1.54, 1.807) is 6.21 Å². The summed E-state index contributed by atoms with van der Waals surface area (Å²) in [5.41, 5.74) is 7.80. The van der Waals surface area contributed by atoms with Crippen LogP contribution in [-0.2, 0) is 5.41 Å². The van der Waals surface area contributed by atoms with Crippen molar-refractivity contribution < 1.29 is 9.72 Å². The van der Waals surface area contributed by atoms with Gasteiger partial charge in [0.25, 0.3) is 11.6 Å². The van der Waals surface area contributed by atoms with Gasteiger partial charge in [0.15, 0.2) is 0 Å². The number of carbonyl (C=O) groups is 1. The number of nitrogens with one attached hydrogen (secondary N) is 1. The van der Waals surface area contributed by atoms with Crippen molar-refractivity contribution in [3.05, 3.63) is 92.8 Å². The Labute approximate surface area is 181 Å². The highest BCUT2D eigenvalue weighted by atomic mass is 16.6. The third-order valence-electron chi connectivity index (χ3n) is 5.15. The summed E-state index contributed by atoms with van der Waals surface area (Å²) in [5, 5.41) is 14.9. The third kappa shape index (κ3) is 4.88. The lowest BCUT2D eigenvalue weighted by molar-refractivity contribution is -0.384. The summed E-state index contributed by atoms with van der Waals surface area (Å²) in [5.74, 6) is -0.508. The molecule has 7 heteroatoms. The summed E-state index contributed by atoms with van der Waals surface area (Å²) < 4.78 is 2.14. The zero-order chi connectivity index (χ0) is 22.8. The number of aryl methyl sites for hydroxylation is 1. The minimum Gasteiger partial charge on any atom is -0.318 e. The highest BCUT2D eigenvalue weighted by Crippen LogP contribution is 2.25. The van der Waals surface area contributed by atoms with Gasteiger partial charge < -0.3 is 4.57 Å². The third-order valence-corrected chi connectivity index (χ3v) is 5.15.